The lowest BCUT2D eigenvalue weighted by Crippen LogP contribution is -2.01. The Morgan fingerprint density at radius 1 is 1.14 bits per heavy atom. The third kappa shape index (κ3) is 4.14. The van der Waals surface area contributed by atoms with Gasteiger partial charge in [-0.3, -0.25) is 0 Å². The van der Waals surface area contributed by atoms with Gasteiger partial charge >= 0.3 is 0 Å². The summed E-state index contributed by atoms with van der Waals surface area (Å²) >= 11 is 5.89. The number of nitrogens with one attached hydrogen (secondary N) is 1. The van der Waals surface area contributed by atoms with E-state index < -0.39 is 0 Å². The van der Waals surface area contributed by atoms with Gasteiger partial charge in [-0.05, 0) is 35.9 Å². The third-order valence-corrected chi connectivity index (χ3v) is 3.11. The van der Waals surface area contributed by atoms with Crippen LogP contribution in [0.15, 0.2) is 42.5 Å². The molecule has 2 aromatic carbocycles. The third-order valence-electron chi connectivity index (χ3n) is 2.79. The second-order valence-electron chi connectivity index (χ2n) is 4.25. The van der Waals surface area contributed by atoms with Crippen LogP contribution in [0.3, 0.4) is 0 Å². The van der Waals surface area contributed by atoms with E-state index in [4.69, 9.17) is 26.9 Å². The van der Waals surface area contributed by atoms with Crippen LogP contribution in [-0.2, 0) is 6.54 Å². The monoisotopic (exact) mass is 297 g/mol. The Morgan fingerprint density at radius 2 is 2.00 bits per heavy atom. The number of anilines is 1. The van der Waals surface area contributed by atoms with Gasteiger partial charge in [0.25, 0.3) is 0 Å². The highest BCUT2D eigenvalue weighted by molar-refractivity contribution is 6.31. The highest BCUT2D eigenvalue weighted by Crippen LogP contribution is 2.20. The number of nitriles is 2. The zero-order valence-corrected chi connectivity index (χ0v) is 11.9. The Balaban J connectivity index is 2.03. The fourth-order valence-electron chi connectivity index (χ4n) is 1.79. The van der Waals surface area contributed by atoms with Crippen molar-refractivity contribution < 1.29 is 4.74 Å². The normalized spacial score (nSPS) is 9.48. The van der Waals surface area contributed by atoms with Crippen LogP contribution >= 0.6 is 11.6 Å². The molecule has 0 aliphatic rings. The van der Waals surface area contributed by atoms with E-state index in [1.54, 1.807) is 18.2 Å². The minimum atomic E-state index is 0.0274. The van der Waals surface area contributed by atoms with E-state index in [1.165, 1.54) is 0 Å². The van der Waals surface area contributed by atoms with E-state index in [0.29, 0.717) is 22.9 Å². The Morgan fingerprint density at radius 3 is 2.76 bits per heavy atom. The molecule has 21 heavy (non-hydrogen) atoms. The summed E-state index contributed by atoms with van der Waals surface area (Å²) in [6.07, 6.45) is 0. The summed E-state index contributed by atoms with van der Waals surface area (Å²) in [5, 5.41) is 21.1. The predicted molar refractivity (Wildman–Crippen MR) is 81.0 cm³/mol. The maximum absolute atomic E-state index is 8.94. The van der Waals surface area contributed by atoms with Crippen LogP contribution < -0.4 is 10.1 Å². The molecule has 5 heteroatoms. The minimum Gasteiger partial charge on any atom is -0.479 e. The van der Waals surface area contributed by atoms with Gasteiger partial charge in [0, 0.05) is 12.2 Å². The first kappa shape index (κ1) is 14.7. The van der Waals surface area contributed by atoms with E-state index in [-0.39, 0.29) is 6.61 Å². The number of nitrogens with zero attached hydrogens (tertiary/aromatic N) is 2. The van der Waals surface area contributed by atoms with Crippen molar-refractivity contribution in [3.63, 3.8) is 0 Å². The van der Waals surface area contributed by atoms with Crippen LogP contribution in [0.1, 0.15) is 11.1 Å². The van der Waals surface area contributed by atoms with Crippen molar-refractivity contribution in [2.24, 2.45) is 0 Å². The molecule has 0 bridgehead atoms. The van der Waals surface area contributed by atoms with Gasteiger partial charge in [-0.15, -0.1) is 0 Å². The molecule has 0 spiro atoms. The van der Waals surface area contributed by atoms with Gasteiger partial charge in [-0.1, -0.05) is 23.7 Å². The fraction of sp³-hybridized carbons (Fsp3) is 0.125. The summed E-state index contributed by atoms with van der Waals surface area (Å²) in [4.78, 5) is 0. The van der Waals surface area contributed by atoms with E-state index in [0.717, 1.165) is 11.3 Å². The van der Waals surface area contributed by atoms with Gasteiger partial charge in [0.05, 0.1) is 10.6 Å². The largest absolute Gasteiger partial charge is 0.479 e. The van der Waals surface area contributed by atoms with E-state index >= 15 is 0 Å². The molecule has 1 N–H and O–H groups in total. The molecule has 2 aromatic rings. The maximum atomic E-state index is 8.94. The first-order valence-electron chi connectivity index (χ1n) is 6.25. The van der Waals surface area contributed by atoms with Gasteiger partial charge in [-0.25, -0.2) is 0 Å². The molecule has 0 saturated heterocycles. The molecular formula is C16H12ClN3O. The first-order chi connectivity index (χ1) is 10.2. The number of rotatable bonds is 5. The van der Waals surface area contributed by atoms with Crippen molar-refractivity contribution in [1.82, 2.24) is 0 Å². The molecule has 2 rings (SSSR count). The standard InChI is InChI=1S/C16H12ClN3O/c17-16-5-4-14(9-13(16)10-19)20-11-12-2-1-3-15(8-12)21-7-6-18/h1-5,8-9,20H,7,11H2. The second kappa shape index (κ2) is 7.19. The lowest BCUT2D eigenvalue weighted by molar-refractivity contribution is 0.368. The van der Waals surface area contributed by atoms with Crippen molar-refractivity contribution in [3.05, 3.63) is 58.6 Å². The highest BCUT2D eigenvalue weighted by atomic mass is 35.5. The average molecular weight is 298 g/mol. The summed E-state index contributed by atoms with van der Waals surface area (Å²) in [6, 6.07) is 16.7. The Labute approximate surface area is 128 Å². The lowest BCUT2D eigenvalue weighted by atomic mass is 10.2. The highest BCUT2D eigenvalue weighted by Gasteiger charge is 2.02. The van der Waals surface area contributed by atoms with Crippen LogP contribution in [0.4, 0.5) is 5.69 Å². The molecule has 4 nitrogen and oxygen atoms in total. The molecule has 0 aliphatic carbocycles. The number of hydrogen-bond acceptors (Lipinski definition) is 4. The molecule has 0 fully saturated rings. The second-order valence-corrected chi connectivity index (χ2v) is 4.66. The van der Waals surface area contributed by atoms with Crippen molar-refractivity contribution in [2.45, 2.75) is 6.54 Å². The van der Waals surface area contributed by atoms with Crippen LogP contribution in [-0.4, -0.2) is 6.61 Å². The van der Waals surface area contributed by atoms with Gasteiger partial charge < -0.3 is 10.1 Å². The van der Waals surface area contributed by atoms with Crippen LogP contribution in [0.25, 0.3) is 0 Å². The lowest BCUT2D eigenvalue weighted by Gasteiger charge is -2.09. The maximum Gasteiger partial charge on any atom is 0.174 e. The predicted octanol–water partition coefficient (Wildman–Crippen LogP) is 3.73. The minimum absolute atomic E-state index is 0.0274. The number of benzene rings is 2. The summed E-state index contributed by atoms with van der Waals surface area (Å²) in [6.45, 7) is 0.607. The topological polar surface area (TPSA) is 68.8 Å². The molecule has 0 unspecified atom stereocenters. The number of ether oxygens (including phenoxy) is 1. The molecule has 0 atom stereocenters. The molecule has 0 aliphatic heterocycles. The molecule has 0 saturated carbocycles. The molecule has 0 radical (unpaired) electrons. The van der Waals surface area contributed by atoms with Crippen LogP contribution in [0.2, 0.25) is 5.02 Å². The zero-order chi connectivity index (χ0) is 15.1. The quantitative estimate of drug-likeness (QED) is 0.913. The van der Waals surface area contributed by atoms with Crippen molar-refractivity contribution >= 4 is 17.3 Å². The van der Waals surface area contributed by atoms with Crippen LogP contribution in [0.5, 0.6) is 5.75 Å². The van der Waals surface area contributed by atoms with Crippen molar-refractivity contribution in [2.75, 3.05) is 11.9 Å². The van der Waals surface area contributed by atoms with Gasteiger partial charge in [0.2, 0.25) is 0 Å². The fourth-order valence-corrected chi connectivity index (χ4v) is 1.95. The summed E-state index contributed by atoms with van der Waals surface area (Å²) < 4.78 is 5.25. The first-order valence-corrected chi connectivity index (χ1v) is 6.63. The Kier molecular flexibility index (Phi) is 5.04. The van der Waals surface area contributed by atoms with E-state index in [9.17, 15) is 0 Å². The molecule has 0 aromatic heterocycles. The van der Waals surface area contributed by atoms with E-state index in [1.807, 2.05) is 36.4 Å². The van der Waals surface area contributed by atoms with Gasteiger partial charge in [0.15, 0.2) is 6.61 Å². The number of halogens is 1. The zero-order valence-electron chi connectivity index (χ0n) is 11.1. The summed E-state index contributed by atoms with van der Waals surface area (Å²) in [5.74, 6) is 0.657. The molecule has 0 amide bonds. The molecule has 104 valence electrons. The van der Waals surface area contributed by atoms with Crippen LogP contribution in [0, 0.1) is 22.7 Å². The smallest absolute Gasteiger partial charge is 0.174 e. The van der Waals surface area contributed by atoms with E-state index in [2.05, 4.69) is 5.32 Å². The van der Waals surface area contributed by atoms with Gasteiger partial charge in [0.1, 0.15) is 17.9 Å². The van der Waals surface area contributed by atoms with Gasteiger partial charge in [-0.2, -0.15) is 10.5 Å². The SMILES string of the molecule is N#CCOc1cccc(CNc2ccc(Cl)c(C#N)c2)c1. The molecule has 0 heterocycles. The average Bonchev–Trinajstić information content (AvgIpc) is 2.52. The summed E-state index contributed by atoms with van der Waals surface area (Å²) in [5.41, 5.74) is 2.27. The van der Waals surface area contributed by atoms with Crippen molar-refractivity contribution in [1.29, 1.82) is 10.5 Å². The molecular weight excluding hydrogens is 286 g/mol. The Bertz CT molecular complexity index is 716. The van der Waals surface area contributed by atoms with Crippen molar-refractivity contribution in [3.8, 4) is 17.9 Å². The number of hydrogen-bond donors (Lipinski definition) is 1. The Hall–Kier alpha value is -2.69. The summed E-state index contributed by atoms with van der Waals surface area (Å²) in [7, 11) is 0.